The summed E-state index contributed by atoms with van der Waals surface area (Å²) in [5.41, 5.74) is 2.13. The average molecular weight is 376 g/mol. The second-order valence-corrected chi connectivity index (χ2v) is 7.16. The highest BCUT2D eigenvalue weighted by molar-refractivity contribution is 8.15. The van der Waals surface area contributed by atoms with Gasteiger partial charge in [-0.1, -0.05) is 36.0 Å². The van der Waals surface area contributed by atoms with Gasteiger partial charge in [0.25, 0.3) is 0 Å². The van der Waals surface area contributed by atoms with Crippen molar-refractivity contribution in [3.05, 3.63) is 35.4 Å². The Morgan fingerprint density at radius 3 is 2.77 bits per heavy atom. The summed E-state index contributed by atoms with van der Waals surface area (Å²) in [6.45, 7) is 4.37. The van der Waals surface area contributed by atoms with E-state index >= 15 is 0 Å². The zero-order valence-corrected chi connectivity index (χ0v) is 14.9. The van der Waals surface area contributed by atoms with Crippen LogP contribution in [0.4, 0.5) is 0 Å². The predicted molar refractivity (Wildman–Crippen MR) is 99.3 cm³/mol. The molecule has 26 heavy (non-hydrogen) atoms. The number of morpholine rings is 1. The number of nitrogens with zero attached hydrogens (tertiary/aromatic N) is 3. The highest BCUT2D eigenvalue weighted by Gasteiger charge is 2.32. The summed E-state index contributed by atoms with van der Waals surface area (Å²) in [5, 5.41) is 18.9. The van der Waals surface area contributed by atoms with E-state index in [1.807, 2.05) is 12.1 Å². The van der Waals surface area contributed by atoms with Crippen LogP contribution in [-0.4, -0.2) is 64.8 Å². The van der Waals surface area contributed by atoms with Gasteiger partial charge in [0.05, 0.1) is 25.8 Å². The van der Waals surface area contributed by atoms with E-state index in [1.54, 1.807) is 6.21 Å². The van der Waals surface area contributed by atoms with Crippen molar-refractivity contribution in [3.8, 4) is 0 Å². The third kappa shape index (κ3) is 5.38. The minimum absolute atomic E-state index is 0.232. The van der Waals surface area contributed by atoms with E-state index in [1.165, 1.54) is 5.56 Å². The molecule has 0 saturated carbocycles. The summed E-state index contributed by atoms with van der Waals surface area (Å²) >= 11 is 1.08. The zero-order chi connectivity index (χ0) is 18.4. The lowest BCUT2D eigenvalue weighted by Crippen LogP contribution is -2.35. The number of nitrogens with one attached hydrogen (secondary N) is 1. The Hall–Kier alpha value is -2.23. The lowest BCUT2D eigenvalue weighted by molar-refractivity contribution is -0.138. The van der Waals surface area contributed by atoms with Crippen LogP contribution in [-0.2, 0) is 20.9 Å². The summed E-state index contributed by atoms with van der Waals surface area (Å²) in [7, 11) is 0. The lowest BCUT2D eigenvalue weighted by atomic mass is 10.1. The molecule has 2 heterocycles. The van der Waals surface area contributed by atoms with E-state index in [2.05, 4.69) is 32.6 Å². The number of carboxylic acid groups (broad SMARTS) is 1. The molecular formula is C17H20N4O4S. The van der Waals surface area contributed by atoms with E-state index in [4.69, 9.17) is 9.84 Å². The third-order valence-corrected chi connectivity index (χ3v) is 5.05. The molecule has 0 aromatic heterocycles. The molecule has 8 nitrogen and oxygen atoms in total. The van der Waals surface area contributed by atoms with Crippen molar-refractivity contribution in [2.24, 2.45) is 10.2 Å². The number of carboxylic acids is 1. The number of benzene rings is 1. The molecular weight excluding hydrogens is 356 g/mol. The fourth-order valence-corrected chi connectivity index (χ4v) is 3.53. The van der Waals surface area contributed by atoms with Gasteiger partial charge in [0, 0.05) is 19.6 Å². The molecule has 3 rings (SSSR count). The van der Waals surface area contributed by atoms with Gasteiger partial charge in [-0.15, -0.1) is 5.10 Å². The van der Waals surface area contributed by atoms with Crippen LogP contribution in [0.2, 0.25) is 0 Å². The number of hydrogen-bond acceptors (Lipinski definition) is 7. The highest BCUT2D eigenvalue weighted by atomic mass is 32.2. The SMILES string of the molecule is O=C(O)CC1SC(=NN=Cc2ccc(CN3CCOCC3)cc2)NC1=O. The zero-order valence-electron chi connectivity index (χ0n) is 14.1. The van der Waals surface area contributed by atoms with E-state index in [-0.39, 0.29) is 12.3 Å². The Labute approximate surface area is 155 Å². The standard InChI is InChI=1S/C17H20N4O4S/c22-15(23)9-14-16(24)19-17(26-14)20-18-10-12-1-3-13(4-2-12)11-21-5-7-25-8-6-21/h1-4,10,14H,5-9,11H2,(H,22,23)(H,19,20,24). The van der Waals surface area contributed by atoms with Crippen molar-refractivity contribution < 1.29 is 19.4 Å². The van der Waals surface area contributed by atoms with Crippen LogP contribution in [0.15, 0.2) is 34.5 Å². The molecule has 1 aromatic rings. The van der Waals surface area contributed by atoms with Crippen molar-refractivity contribution in [1.29, 1.82) is 0 Å². The summed E-state index contributed by atoms with van der Waals surface area (Å²) in [6, 6.07) is 8.04. The molecule has 1 unspecified atom stereocenters. The number of carbonyl (C=O) groups excluding carboxylic acids is 1. The fraction of sp³-hybridized carbons (Fsp3) is 0.412. The molecule has 0 bridgehead atoms. The minimum atomic E-state index is -1.01. The van der Waals surface area contributed by atoms with Crippen LogP contribution in [0.1, 0.15) is 17.5 Å². The first-order chi connectivity index (χ1) is 12.6. The summed E-state index contributed by atoms with van der Waals surface area (Å²) < 4.78 is 5.35. The Morgan fingerprint density at radius 1 is 1.35 bits per heavy atom. The Kier molecular flexibility index (Phi) is 6.37. The molecule has 2 fully saturated rings. The van der Waals surface area contributed by atoms with Crippen LogP contribution >= 0.6 is 11.8 Å². The molecule has 1 amide bonds. The Balaban J connectivity index is 1.52. The van der Waals surface area contributed by atoms with E-state index in [0.717, 1.165) is 50.2 Å². The maximum atomic E-state index is 11.6. The van der Waals surface area contributed by atoms with Crippen molar-refractivity contribution in [2.45, 2.75) is 18.2 Å². The molecule has 0 radical (unpaired) electrons. The van der Waals surface area contributed by atoms with Crippen molar-refractivity contribution in [3.63, 3.8) is 0 Å². The van der Waals surface area contributed by atoms with Gasteiger partial charge in [0.1, 0.15) is 5.25 Å². The van der Waals surface area contributed by atoms with E-state index in [0.29, 0.717) is 5.17 Å². The third-order valence-electron chi connectivity index (χ3n) is 3.98. The first-order valence-electron chi connectivity index (χ1n) is 8.29. The number of ether oxygens (including phenoxy) is 1. The second-order valence-electron chi connectivity index (χ2n) is 5.97. The normalized spacial score (nSPS) is 22.8. The molecule has 0 aliphatic carbocycles. The molecule has 138 valence electrons. The second kappa shape index (κ2) is 8.93. The average Bonchev–Trinajstić information content (AvgIpc) is 2.96. The molecule has 9 heteroatoms. The van der Waals surface area contributed by atoms with Crippen LogP contribution in [0.5, 0.6) is 0 Å². The maximum Gasteiger partial charge on any atom is 0.305 e. The lowest BCUT2D eigenvalue weighted by Gasteiger charge is -2.26. The van der Waals surface area contributed by atoms with Crippen LogP contribution in [0.3, 0.4) is 0 Å². The first kappa shape index (κ1) is 18.6. The molecule has 2 aliphatic rings. The smallest absolute Gasteiger partial charge is 0.305 e. The maximum absolute atomic E-state index is 11.6. The van der Waals surface area contributed by atoms with Crippen LogP contribution < -0.4 is 5.32 Å². The van der Waals surface area contributed by atoms with Gasteiger partial charge in [-0.3, -0.25) is 14.5 Å². The van der Waals surface area contributed by atoms with Gasteiger partial charge < -0.3 is 15.2 Å². The Bertz CT molecular complexity index is 714. The minimum Gasteiger partial charge on any atom is -0.481 e. The number of carbonyl (C=O) groups is 2. The van der Waals surface area contributed by atoms with Gasteiger partial charge >= 0.3 is 5.97 Å². The molecule has 0 spiro atoms. The fourth-order valence-electron chi connectivity index (χ4n) is 2.62. The van der Waals surface area contributed by atoms with Gasteiger partial charge in [-0.05, 0) is 11.1 Å². The number of amidine groups is 1. The summed E-state index contributed by atoms with van der Waals surface area (Å²) in [6.07, 6.45) is 1.37. The number of aliphatic carboxylic acids is 1. The summed E-state index contributed by atoms with van der Waals surface area (Å²) in [5.74, 6) is -1.36. The summed E-state index contributed by atoms with van der Waals surface area (Å²) in [4.78, 5) is 24.7. The largest absolute Gasteiger partial charge is 0.481 e. The molecule has 2 aliphatic heterocycles. The van der Waals surface area contributed by atoms with Gasteiger partial charge in [-0.2, -0.15) is 5.10 Å². The number of amides is 1. The first-order valence-corrected chi connectivity index (χ1v) is 9.17. The number of hydrogen-bond donors (Lipinski definition) is 2. The van der Waals surface area contributed by atoms with E-state index in [9.17, 15) is 9.59 Å². The monoisotopic (exact) mass is 376 g/mol. The molecule has 1 aromatic carbocycles. The van der Waals surface area contributed by atoms with Crippen molar-refractivity contribution in [1.82, 2.24) is 10.2 Å². The topological polar surface area (TPSA) is 104 Å². The quantitative estimate of drug-likeness (QED) is 0.565. The molecule has 1 atom stereocenters. The predicted octanol–water partition coefficient (Wildman–Crippen LogP) is 0.915. The molecule has 2 saturated heterocycles. The van der Waals surface area contributed by atoms with Crippen LogP contribution in [0, 0.1) is 0 Å². The van der Waals surface area contributed by atoms with E-state index < -0.39 is 11.2 Å². The number of thioether (sulfide) groups is 1. The van der Waals surface area contributed by atoms with Gasteiger partial charge in [0.2, 0.25) is 5.91 Å². The van der Waals surface area contributed by atoms with Gasteiger partial charge in [0.15, 0.2) is 5.17 Å². The van der Waals surface area contributed by atoms with Crippen LogP contribution in [0.25, 0.3) is 0 Å². The van der Waals surface area contributed by atoms with Gasteiger partial charge in [-0.25, -0.2) is 0 Å². The number of rotatable bonds is 6. The van der Waals surface area contributed by atoms with Crippen molar-refractivity contribution in [2.75, 3.05) is 26.3 Å². The van der Waals surface area contributed by atoms with Crippen molar-refractivity contribution >= 4 is 35.0 Å². The highest BCUT2D eigenvalue weighted by Crippen LogP contribution is 2.22. The Morgan fingerprint density at radius 2 is 2.08 bits per heavy atom. The molecule has 2 N–H and O–H groups in total.